The highest BCUT2D eigenvalue weighted by molar-refractivity contribution is 6.05. The molecule has 0 saturated carbocycles. The lowest BCUT2D eigenvalue weighted by molar-refractivity contribution is -0.134. The second-order valence-electron chi connectivity index (χ2n) is 4.89. The molecule has 1 aliphatic heterocycles. The molecule has 0 aliphatic carbocycles. The van der Waals surface area contributed by atoms with Gasteiger partial charge in [0, 0.05) is 18.8 Å². The molecule has 5 heteroatoms. The van der Waals surface area contributed by atoms with E-state index in [0.717, 1.165) is 17.7 Å². The first-order chi connectivity index (χ1) is 9.60. The number of nitrogens with zero attached hydrogens (tertiary/aromatic N) is 1. The maximum absolute atomic E-state index is 11.4. The minimum atomic E-state index is -0.226. The Bertz CT molecular complexity index is 535. The van der Waals surface area contributed by atoms with Gasteiger partial charge in [-0.25, -0.2) is 5.43 Å². The standard InChI is InChI=1S/C15H18N2O3/c1-3-4-14(19)20-12-7-5-11(6-8-12)15-10(2)9-13(18)16-17-15/h5-8,10H,3-4,9H2,1-2H3,(H,16,18)/t10-/m0/s1. The van der Waals surface area contributed by atoms with Crippen molar-refractivity contribution >= 4 is 17.6 Å². The highest BCUT2D eigenvalue weighted by atomic mass is 16.5. The van der Waals surface area contributed by atoms with Crippen LogP contribution in [0, 0.1) is 5.92 Å². The van der Waals surface area contributed by atoms with E-state index in [1.165, 1.54) is 0 Å². The third kappa shape index (κ3) is 3.44. The van der Waals surface area contributed by atoms with E-state index in [1.807, 2.05) is 26.0 Å². The van der Waals surface area contributed by atoms with Gasteiger partial charge in [-0.1, -0.05) is 13.8 Å². The molecule has 1 atom stereocenters. The van der Waals surface area contributed by atoms with E-state index >= 15 is 0 Å². The number of hydrogen-bond acceptors (Lipinski definition) is 4. The first-order valence-corrected chi connectivity index (χ1v) is 6.77. The fourth-order valence-electron chi connectivity index (χ4n) is 2.08. The summed E-state index contributed by atoms with van der Waals surface area (Å²) in [4.78, 5) is 22.6. The van der Waals surface area contributed by atoms with Crippen molar-refractivity contribution in [1.82, 2.24) is 5.43 Å². The number of ether oxygens (including phenoxy) is 1. The molecule has 0 bridgehead atoms. The van der Waals surface area contributed by atoms with E-state index in [2.05, 4.69) is 10.5 Å². The number of nitrogens with one attached hydrogen (secondary N) is 1. The number of benzene rings is 1. The summed E-state index contributed by atoms with van der Waals surface area (Å²) in [6.45, 7) is 3.90. The third-order valence-corrected chi connectivity index (χ3v) is 3.10. The zero-order chi connectivity index (χ0) is 14.5. The number of carbonyl (C=O) groups is 2. The largest absolute Gasteiger partial charge is 0.427 e. The zero-order valence-electron chi connectivity index (χ0n) is 11.7. The Morgan fingerprint density at radius 3 is 2.70 bits per heavy atom. The highest BCUT2D eigenvalue weighted by Gasteiger charge is 2.21. The predicted octanol–water partition coefficient (Wildman–Crippen LogP) is 2.25. The molecular weight excluding hydrogens is 256 g/mol. The maximum atomic E-state index is 11.4. The van der Waals surface area contributed by atoms with Crippen molar-refractivity contribution in [3.05, 3.63) is 29.8 Å². The average Bonchev–Trinajstić information content (AvgIpc) is 2.40. The van der Waals surface area contributed by atoms with Gasteiger partial charge in [-0.05, 0) is 36.2 Å². The van der Waals surface area contributed by atoms with Gasteiger partial charge in [0.15, 0.2) is 0 Å². The first kappa shape index (κ1) is 14.2. The Kier molecular flexibility index (Phi) is 4.50. The summed E-state index contributed by atoms with van der Waals surface area (Å²) < 4.78 is 5.19. The Labute approximate surface area is 118 Å². The van der Waals surface area contributed by atoms with E-state index in [4.69, 9.17) is 4.74 Å². The van der Waals surface area contributed by atoms with Crippen LogP contribution in [0.25, 0.3) is 0 Å². The van der Waals surface area contributed by atoms with Crippen LogP contribution in [-0.2, 0) is 9.59 Å². The van der Waals surface area contributed by atoms with Gasteiger partial charge in [-0.15, -0.1) is 0 Å². The molecular formula is C15H18N2O3. The Balaban J connectivity index is 2.08. The van der Waals surface area contributed by atoms with E-state index in [9.17, 15) is 9.59 Å². The van der Waals surface area contributed by atoms with Crippen LogP contribution < -0.4 is 10.2 Å². The molecule has 0 fully saturated rings. The predicted molar refractivity (Wildman–Crippen MR) is 75.4 cm³/mol. The topological polar surface area (TPSA) is 67.8 Å². The van der Waals surface area contributed by atoms with Crippen LogP contribution in [0.4, 0.5) is 0 Å². The van der Waals surface area contributed by atoms with Crippen LogP contribution in [-0.4, -0.2) is 17.6 Å². The molecule has 1 aromatic carbocycles. The van der Waals surface area contributed by atoms with Gasteiger partial charge in [-0.3, -0.25) is 9.59 Å². The van der Waals surface area contributed by atoms with E-state index in [1.54, 1.807) is 12.1 Å². The van der Waals surface area contributed by atoms with Crippen molar-refractivity contribution in [3.63, 3.8) is 0 Å². The summed E-state index contributed by atoms with van der Waals surface area (Å²) in [6.07, 6.45) is 1.62. The van der Waals surface area contributed by atoms with Crippen molar-refractivity contribution in [2.75, 3.05) is 0 Å². The molecule has 0 unspecified atom stereocenters. The quantitative estimate of drug-likeness (QED) is 0.676. The molecule has 20 heavy (non-hydrogen) atoms. The molecule has 106 valence electrons. The van der Waals surface area contributed by atoms with Gasteiger partial charge in [0.25, 0.3) is 0 Å². The molecule has 0 saturated heterocycles. The Morgan fingerprint density at radius 1 is 1.40 bits per heavy atom. The normalized spacial score (nSPS) is 18.2. The summed E-state index contributed by atoms with van der Waals surface area (Å²) in [5.41, 5.74) is 4.26. The van der Waals surface area contributed by atoms with Crippen molar-refractivity contribution in [2.24, 2.45) is 11.0 Å². The van der Waals surface area contributed by atoms with Gasteiger partial charge < -0.3 is 4.74 Å². The van der Waals surface area contributed by atoms with Crippen LogP contribution >= 0.6 is 0 Å². The number of hydrogen-bond donors (Lipinski definition) is 1. The van der Waals surface area contributed by atoms with Crippen molar-refractivity contribution in [1.29, 1.82) is 0 Å². The minimum absolute atomic E-state index is 0.0636. The van der Waals surface area contributed by atoms with E-state index in [0.29, 0.717) is 18.6 Å². The van der Waals surface area contributed by atoms with E-state index in [-0.39, 0.29) is 17.8 Å². The summed E-state index contributed by atoms with van der Waals surface area (Å²) in [6, 6.07) is 7.19. The Morgan fingerprint density at radius 2 is 2.10 bits per heavy atom. The monoisotopic (exact) mass is 274 g/mol. The third-order valence-electron chi connectivity index (χ3n) is 3.10. The lowest BCUT2D eigenvalue weighted by Gasteiger charge is -2.19. The second kappa shape index (κ2) is 6.32. The van der Waals surface area contributed by atoms with Gasteiger partial charge in [-0.2, -0.15) is 5.10 Å². The lowest BCUT2D eigenvalue weighted by atomic mass is 9.94. The molecule has 2 rings (SSSR count). The van der Waals surface area contributed by atoms with Crippen LogP contribution in [0.3, 0.4) is 0 Å². The number of carbonyl (C=O) groups excluding carboxylic acids is 2. The molecule has 1 aromatic rings. The fraction of sp³-hybridized carbons (Fsp3) is 0.400. The molecule has 1 heterocycles. The molecule has 1 aliphatic rings. The van der Waals surface area contributed by atoms with Gasteiger partial charge in [0.1, 0.15) is 5.75 Å². The summed E-state index contributed by atoms with van der Waals surface area (Å²) in [7, 11) is 0. The maximum Gasteiger partial charge on any atom is 0.311 e. The van der Waals surface area contributed by atoms with Crippen molar-refractivity contribution in [3.8, 4) is 5.75 Å². The lowest BCUT2D eigenvalue weighted by Crippen LogP contribution is -2.31. The molecule has 0 spiro atoms. The fourth-order valence-corrected chi connectivity index (χ4v) is 2.08. The number of amides is 1. The van der Waals surface area contributed by atoms with Crippen LogP contribution in [0.1, 0.15) is 38.7 Å². The van der Waals surface area contributed by atoms with Crippen molar-refractivity contribution < 1.29 is 14.3 Å². The smallest absolute Gasteiger partial charge is 0.311 e. The SMILES string of the molecule is CCCC(=O)Oc1ccc(C2=NNC(=O)C[C@@H]2C)cc1. The summed E-state index contributed by atoms with van der Waals surface area (Å²) in [5.74, 6) is 0.319. The van der Waals surface area contributed by atoms with Gasteiger partial charge in [0.05, 0.1) is 5.71 Å². The zero-order valence-corrected chi connectivity index (χ0v) is 11.7. The molecule has 1 amide bonds. The molecule has 1 N–H and O–H groups in total. The number of rotatable bonds is 4. The van der Waals surface area contributed by atoms with Crippen LogP contribution in [0.2, 0.25) is 0 Å². The van der Waals surface area contributed by atoms with Gasteiger partial charge >= 0.3 is 5.97 Å². The Hall–Kier alpha value is -2.17. The minimum Gasteiger partial charge on any atom is -0.427 e. The molecule has 0 radical (unpaired) electrons. The highest BCUT2D eigenvalue weighted by Crippen LogP contribution is 2.19. The van der Waals surface area contributed by atoms with Gasteiger partial charge in [0.2, 0.25) is 5.91 Å². The van der Waals surface area contributed by atoms with Crippen molar-refractivity contribution in [2.45, 2.75) is 33.1 Å². The average molecular weight is 274 g/mol. The van der Waals surface area contributed by atoms with E-state index < -0.39 is 0 Å². The number of hydrazone groups is 1. The molecule has 5 nitrogen and oxygen atoms in total. The van der Waals surface area contributed by atoms with Crippen LogP contribution in [0.15, 0.2) is 29.4 Å². The summed E-state index contributed by atoms with van der Waals surface area (Å²) in [5, 5.41) is 4.09. The summed E-state index contributed by atoms with van der Waals surface area (Å²) >= 11 is 0. The molecule has 0 aromatic heterocycles. The first-order valence-electron chi connectivity index (χ1n) is 6.77. The van der Waals surface area contributed by atoms with Crippen LogP contribution in [0.5, 0.6) is 5.75 Å². The number of esters is 1. The second-order valence-corrected chi connectivity index (χ2v) is 4.89.